The lowest BCUT2D eigenvalue weighted by molar-refractivity contribution is -0.121. The molecule has 0 radical (unpaired) electrons. The first kappa shape index (κ1) is 19.1. The van der Waals surface area contributed by atoms with E-state index < -0.39 is 0 Å². The zero-order valence-electron chi connectivity index (χ0n) is 15.4. The van der Waals surface area contributed by atoms with Crippen LogP contribution in [0.15, 0.2) is 18.2 Å². The maximum absolute atomic E-state index is 12.3. The van der Waals surface area contributed by atoms with Gasteiger partial charge in [0.15, 0.2) is 0 Å². The number of ether oxygens (including phenoxy) is 1. The standard InChI is InChI=1S/C19H29N3O3/c1-14-4-5-17(25-3)16(12-14)6-9-21-19(24)22-10-7-15(8-11-22)13-18(23)20-2/h4-5,12,15H,6-11,13H2,1-3H3,(H,20,23)(H,21,24). The van der Waals surface area contributed by atoms with E-state index in [9.17, 15) is 9.59 Å². The Labute approximate surface area is 149 Å². The molecule has 25 heavy (non-hydrogen) atoms. The third-order valence-corrected chi connectivity index (χ3v) is 4.76. The van der Waals surface area contributed by atoms with Crippen molar-refractivity contribution in [2.24, 2.45) is 5.92 Å². The number of nitrogens with one attached hydrogen (secondary N) is 2. The van der Waals surface area contributed by atoms with Crippen molar-refractivity contribution in [3.63, 3.8) is 0 Å². The van der Waals surface area contributed by atoms with Gasteiger partial charge in [-0.05, 0) is 43.7 Å². The SMILES string of the molecule is CNC(=O)CC1CCN(C(=O)NCCc2cc(C)ccc2OC)CC1. The lowest BCUT2D eigenvalue weighted by Gasteiger charge is -2.31. The molecule has 2 rings (SSSR count). The van der Waals surface area contributed by atoms with Crippen molar-refractivity contribution in [1.82, 2.24) is 15.5 Å². The number of rotatable bonds is 6. The number of methoxy groups -OCH3 is 1. The second-order valence-corrected chi connectivity index (χ2v) is 6.60. The molecule has 0 bridgehead atoms. The van der Waals surface area contributed by atoms with Gasteiger partial charge in [0, 0.05) is 33.1 Å². The van der Waals surface area contributed by atoms with E-state index in [0.29, 0.717) is 32.0 Å². The van der Waals surface area contributed by atoms with Crippen molar-refractivity contribution >= 4 is 11.9 Å². The smallest absolute Gasteiger partial charge is 0.317 e. The zero-order chi connectivity index (χ0) is 18.2. The van der Waals surface area contributed by atoms with Crippen LogP contribution in [0.25, 0.3) is 0 Å². The summed E-state index contributed by atoms with van der Waals surface area (Å²) in [5, 5.41) is 5.65. The second-order valence-electron chi connectivity index (χ2n) is 6.60. The fraction of sp³-hybridized carbons (Fsp3) is 0.579. The molecule has 0 saturated carbocycles. The Morgan fingerprint density at radius 3 is 2.64 bits per heavy atom. The predicted molar refractivity (Wildman–Crippen MR) is 97.8 cm³/mol. The molecule has 3 amide bonds. The Morgan fingerprint density at radius 1 is 1.28 bits per heavy atom. The topological polar surface area (TPSA) is 70.7 Å². The Morgan fingerprint density at radius 2 is 2.00 bits per heavy atom. The number of benzene rings is 1. The highest BCUT2D eigenvalue weighted by atomic mass is 16.5. The van der Waals surface area contributed by atoms with Gasteiger partial charge in [-0.25, -0.2) is 4.79 Å². The van der Waals surface area contributed by atoms with Crippen molar-refractivity contribution in [3.8, 4) is 5.75 Å². The molecular formula is C19H29N3O3. The first-order chi connectivity index (χ1) is 12.0. The number of aryl methyl sites for hydroxylation is 1. The monoisotopic (exact) mass is 347 g/mol. The van der Waals surface area contributed by atoms with Crippen LogP contribution >= 0.6 is 0 Å². The number of hydrogen-bond acceptors (Lipinski definition) is 3. The molecular weight excluding hydrogens is 318 g/mol. The van der Waals surface area contributed by atoms with Crippen LogP contribution in [-0.2, 0) is 11.2 Å². The molecule has 1 saturated heterocycles. The normalized spacial score (nSPS) is 14.9. The van der Waals surface area contributed by atoms with Gasteiger partial charge in [0.25, 0.3) is 0 Å². The van der Waals surface area contributed by atoms with E-state index in [-0.39, 0.29) is 11.9 Å². The average molecular weight is 347 g/mol. The number of nitrogens with zero attached hydrogens (tertiary/aromatic N) is 1. The third kappa shape index (κ3) is 5.66. The fourth-order valence-electron chi connectivity index (χ4n) is 3.22. The summed E-state index contributed by atoms with van der Waals surface area (Å²) in [6.07, 6.45) is 3.06. The minimum atomic E-state index is -0.0231. The minimum Gasteiger partial charge on any atom is -0.496 e. The summed E-state index contributed by atoms with van der Waals surface area (Å²) in [5.41, 5.74) is 2.28. The molecule has 6 heteroatoms. The number of carbonyl (C=O) groups is 2. The number of urea groups is 1. The van der Waals surface area contributed by atoms with Gasteiger partial charge in [-0.3, -0.25) is 4.79 Å². The van der Waals surface area contributed by atoms with E-state index in [4.69, 9.17) is 4.74 Å². The van der Waals surface area contributed by atoms with Gasteiger partial charge in [-0.15, -0.1) is 0 Å². The molecule has 0 aromatic heterocycles. The highest BCUT2D eigenvalue weighted by molar-refractivity contribution is 5.76. The molecule has 2 N–H and O–H groups in total. The summed E-state index contributed by atoms with van der Waals surface area (Å²) in [5.74, 6) is 1.31. The van der Waals surface area contributed by atoms with Crippen LogP contribution in [0.4, 0.5) is 4.79 Å². The van der Waals surface area contributed by atoms with Gasteiger partial charge >= 0.3 is 6.03 Å². The molecule has 1 aliphatic heterocycles. The molecule has 0 spiro atoms. The lowest BCUT2D eigenvalue weighted by Crippen LogP contribution is -2.45. The molecule has 1 heterocycles. The largest absolute Gasteiger partial charge is 0.496 e. The Kier molecular flexibility index (Phi) is 7.10. The molecule has 1 aliphatic rings. The van der Waals surface area contributed by atoms with Crippen LogP contribution in [0.3, 0.4) is 0 Å². The highest BCUT2D eigenvalue weighted by Crippen LogP contribution is 2.21. The second kappa shape index (κ2) is 9.30. The number of amides is 3. The zero-order valence-corrected chi connectivity index (χ0v) is 15.4. The number of piperidine rings is 1. The Balaban J connectivity index is 1.75. The van der Waals surface area contributed by atoms with Crippen LogP contribution in [0.1, 0.15) is 30.4 Å². The molecule has 0 unspecified atom stereocenters. The van der Waals surface area contributed by atoms with Gasteiger partial charge < -0.3 is 20.3 Å². The molecule has 138 valence electrons. The van der Waals surface area contributed by atoms with Crippen molar-refractivity contribution in [2.45, 2.75) is 32.6 Å². The fourth-order valence-corrected chi connectivity index (χ4v) is 3.22. The first-order valence-corrected chi connectivity index (χ1v) is 8.90. The predicted octanol–water partition coefficient (Wildman–Crippen LogP) is 2.10. The van der Waals surface area contributed by atoms with Gasteiger partial charge in [0.05, 0.1) is 7.11 Å². The van der Waals surface area contributed by atoms with Gasteiger partial charge in [-0.1, -0.05) is 17.7 Å². The van der Waals surface area contributed by atoms with E-state index in [2.05, 4.69) is 16.7 Å². The number of carbonyl (C=O) groups excluding carboxylic acids is 2. The van der Waals surface area contributed by atoms with E-state index in [1.807, 2.05) is 24.0 Å². The third-order valence-electron chi connectivity index (χ3n) is 4.76. The van der Waals surface area contributed by atoms with Crippen LogP contribution in [-0.4, -0.2) is 50.6 Å². The van der Waals surface area contributed by atoms with Crippen LogP contribution in [0, 0.1) is 12.8 Å². The Hall–Kier alpha value is -2.24. The summed E-state index contributed by atoms with van der Waals surface area (Å²) in [6.45, 7) is 4.05. The molecule has 6 nitrogen and oxygen atoms in total. The minimum absolute atomic E-state index is 0.0231. The van der Waals surface area contributed by atoms with Gasteiger partial charge in [0.1, 0.15) is 5.75 Å². The summed E-state index contributed by atoms with van der Waals surface area (Å²) in [7, 11) is 3.32. The molecule has 1 aromatic rings. The quantitative estimate of drug-likeness (QED) is 0.828. The van der Waals surface area contributed by atoms with Gasteiger partial charge in [0.2, 0.25) is 5.91 Å². The van der Waals surface area contributed by atoms with Crippen LogP contribution in [0.5, 0.6) is 5.75 Å². The summed E-state index contributed by atoms with van der Waals surface area (Å²) in [6, 6.07) is 6.05. The molecule has 1 fully saturated rings. The van der Waals surface area contributed by atoms with Crippen molar-refractivity contribution in [1.29, 1.82) is 0 Å². The van der Waals surface area contributed by atoms with Crippen molar-refractivity contribution in [3.05, 3.63) is 29.3 Å². The van der Waals surface area contributed by atoms with Crippen molar-refractivity contribution in [2.75, 3.05) is 33.8 Å². The molecule has 0 atom stereocenters. The van der Waals surface area contributed by atoms with E-state index in [0.717, 1.165) is 30.6 Å². The van der Waals surface area contributed by atoms with E-state index in [1.54, 1.807) is 14.2 Å². The molecule has 0 aliphatic carbocycles. The van der Waals surface area contributed by atoms with Crippen LogP contribution in [0.2, 0.25) is 0 Å². The maximum Gasteiger partial charge on any atom is 0.317 e. The van der Waals surface area contributed by atoms with E-state index >= 15 is 0 Å². The van der Waals surface area contributed by atoms with Gasteiger partial charge in [-0.2, -0.15) is 0 Å². The number of likely N-dealkylation sites (tertiary alicyclic amines) is 1. The lowest BCUT2D eigenvalue weighted by atomic mass is 9.93. The van der Waals surface area contributed by atoms with Crippen LogP contribution < -0.4 is 15.4 Å². The summed E-state index contributed by atoms with van der Waals surface area (Å²) in [4.78, 5) is 25.6. The first-order valence-electron chi connectivity index (χ1n) is 8.90. The maximum atomic E-state index is 12.3. The number of hydrogen-bond donors (Lipinski definition) is 2. The summed E-state index contributed by atoms with van der Waals surface area (Å²) >= 11 is 0. The van der Waals surface area contributed by atoms with E-state index in [1.165, 1.54) is 5.56 Å². The average Bonchev–Trinajstić information content (AvgIpc) is 2.62. The molecule has 1 aromatic carbocycles. The Bertz CT molecular complexity index is 596. The summed E-state index contributed by atoms with van der Waals surface area (Å²) < 4.78 is 5.37. The highest BCUT2D eigenvalue weighted by Gasteiger charge is 2.23. The van der Waals surface area contributed by atoms with Crippen molar-refractivity contribution < 1.29 is 14.3 Å².